The Labute approximate surface area is 139 Å². The molecule has 0 nitrogen and oxygen atoms in total. The second-order valence-corrected chi connectivity index (χ2v) is 6.54. The zero-order chi connectivity index (χ0) is 16.2. The molecule has 1 unspecified atom stereocenters. The van der Waals surface area contributed by atoms with E-state index < -0.39 is 0 Å². The van der Waals surface area contributed by atoms with Gasteiger partial charge in [-0.1, -0.05) is 66.2 Å². The Morgan fingerprint density at radius 3 is 1.83 bits per heavy atom. The molecule has 0 aliphatic rings. The van der Waals surface area contributed by atoms with Crippen molar-refractivity contribution in [3.8, 4) is 11.1 Å². The van der Waals surface area contributed by atoms with Crippen LogP contribution < -0.4 is 5.30 Å². The molecule has 0 aliphatic carbocycles. The van der Waals surface area contributed by atoms with Gasteiger partial charge in [0.2, 0.25) is 0 Å². The normalized spacial score (nSPS) is 10.7. The monoisotopic (exact) mass is 322 g/mol. The molecule has 0 saturated heterocycles. The molecule has 0 fully saturated rings. The molecule has 1 atom stereocenters. The number of hydrogen-bond donors (Lipinski definition) is 0. The van der Waals surface area contributed by atoms with Crippen molar-refractivity contribution in [1.82, 2.24) is 0 Å². The standard InChI is InChI=1S/C21H20FP/c1-15-2-4-16(5-3-15)6-7-17-8-10-18(11-9-17)19-12-13-21(23)20(22)14-19/h2-5,8-14H,6-7,23H2,1H3. The third-order valence-corrected chi connectivity index (χ3v) is 4.58. The summed E-state index contributed by atoms with van der Waals surface area (Å²) in [4.78, 5) is 0. The van der Waals surface area contributed by atoms with Crippen LogP contribution in [0.2, 0.25) is 0 Å². The lowest BCUT2D eigenvalue weighted by atomic mass is 10.00. The first-order valence-corrected chi connectivity index (χ1v) is 8.39. The van der Waals surface area contributed by atoms with E-state index in [4.69, 9.17) is 0 Å². The topological polar surface area (TPSA) is 0 Å². The van der Waals surface area contributed by atoms with Crippen molar-refractivity contribution < 1.29 is 4.39 Å². The highest BCUT2D eigenvalue weighted by molar-refractivity contribution is 7.27. The molecule has 3 rings (SSSR count). The minimum Gasteiger partial charge on any atom is -0.206 e. The molecule has 116 valence electrons. The molecule has 0 aromatic heterocycles. The lowest BCUT2D eigenvalue weighted by molar-refractivity contribution is 0.637. The van der Waals surface area contributed by atoms with Crippen LogP contribution in [0.25, 0.3) is 11.1 Å². The van der Waals surface area contributed by atoms with E-state index >= 15 is 0 Å². The summed E-state index contributed by atoms with van der Waals surface area (Å²) in [6, 6.07) is 22.4. The Morgan fingerprint density at radius 1 is 0.739 bits per heavy atom. The smallest absolute Gasteiger partial charge is 0.130 e. The minimum absolute atomic E-state index is 0.184. The van der Waals surface area contributed by atoms with Crippen LogP contribution in [0.15, 0.2) is 66.7 Å². The maximum atomic E-state index is 13.7. The third kappa shape index (κ3) is 4.06. The van der Waals surface area contributed by atoms with Crippen molar-refractivity contribution in [2.24, 2.45) is 0 Å². The van der Waals surface area contributed by atoms with Gasteiger partial charge in [-0.05, 0) is 48.1 Å². The van der Waals surface area contributed by atoms with Gasteiger partial charge in [0.25, 0.3) is 0 Å². The molecule has 3 aromatic carbocycles. The summed E-state index contributed by atoms with van der Waals surface area (Å²) < 4.78 is 13.7. The average Bonchev–Trinajstić information content (AvgIpc) is 2.57. The van der Waals surface area contributed by atoms with E-state index in [2.05, 4.69) is 64.7 Å². The SMILES string of the molecule is Cc1ccc(CCc2ccc(-c3ccc(P)c(F)c3)cc2)cc1. The zero-order valence-corrected chi connectivity index (χ0v) is 14.4. The van der Waals surface area contributed by atoms with Crippen LogP contribution >= 0.6 is 9.24 Å². The number of hydrogen-bond acceptors (Lipinski definition) is 0. The number of rotatable bonds is 4. The molecule has 3 aromatic rings. The van der Waals surface area contributed by atoms with Gasteiger partial charge in [0.15, 0.2) is 0 Å². The Balaban J connectivity index is 1.69. The van der Waals surface area contributed by atoms with Crippen LogP contribution in [0, 0.1) is 12.7 Å². The van der Waals surface area contributed by atoms with Gasteiger partial charge in [-0.3, -0.25) is 0 Å². The van der Waals surface area contributed by atoms with Crippen molar-refractivity contribution in [1.29, 1.82) is 0 Å². The number of benzene rings is 3. The number of halogens is 1. The Morgan fingerprint density at radius 2 is 1.26 bits per heavy atom. The van der Waals surface area contributed by atoms with Crippen molar-refractivity contribution >= 4 is 14.5 Å². The summed E-state index contributed by atoms with van der Waals surface area (Å²) in [6.07, 6.45) is 2.05. The third-order valence-electron chi connectivity index (χ3n) is 4.11. The van der Waals surface area contributed by atoms with Gasteiger partial charge in [-0.25, -0.2) is 4.39 Å². The quantitative estimate of drug-likeness (QED) is 0.587. The molecule has 0 amide bonds. The molecule has 0 saturated carbocycles. The van der Waals surface area contributed by atoms with E-state index in [-0.39, 0.29) is 5.82 Å². The van der Waals surface area contributed by atoms with E-state index in [1.165, 1.54) is 16.7 Å². The molecule has 0 aliphatic heterocycles. The minimum atomic E-state index is -0.184. The van der Waals surface area contributed by atoms with E-state index in [0.29, 0.717) is 5.30 Å². The summed E-state index contributed by atoms with van der Waals surface area (Å²) >= 11 is 0. The Hall–Kier alpha value is -1.98. The van der Waals surface area contributed by atoms with E-state index in [9.17, 15) is 4.39 Å². The summed E-state index contributed by atoms with van der Waals surface area (Å²) in [7, 11) is 2.41. The second-order valence-electron chi connectivity index (χ2n) is 5.92. The fourth-order valence-corrected chi connectivity index (χ4v) is 2.79. The van der Waals surface area contributed by atoms with Gasteiger partial charge in [0, 0.05) is 5.30 Å². The molecule has 0 heterocycles. The van der Waals surface area contributed by atoms with Gasteiger partial charge in [0.05, 0.1) is 0 Å². The highest BCUT2D eigenvalue weighted by Gasteiger charge is 2.03. The molecular formula is C21H20FP. The molecule has 2 heteroatoms. The van der Waals surface area contributed by atoms with Gasteiger partial charge in [0.1, 0.15) is 5.82 Å². The Bertz CT molecular complexity index is 789. The molecule has 23 heavy (non-hydrogen) atoms. The van der Waals surface area contributed by atoms with E-state index in [1.807, 2.05) is 6.07 Å². The van der Waals surface area contributed by atoms with Crippen LogP contribution in [0.1, 0.15) is 16.7 Å². The van der Waals surface area contributed by atoms with Crippen molar-refractivity contribution in [3.05, 3.63) is 89.2 Å². The van der Waals surface area contributed by atoms with Crippen LogP contribution in [-0.2, 0) is 12.8 Å². The first-order chi connectivity index (χ1) is 11.1. The summed E-state index contributed by atoms with van der Waals surface area (Å²) in [6.45, 7) is 2.11. The highest BCUT2D eigenvalue weighted by Crippen LogP contribution is 2.21. The van der Waals surface area contributed by atoms with E-state index in [0.717, 1.165) is 24.0 Å². The largest absolute Gasteiger partial charge is 0.206 e. The molecule has 0 bridgehead atoms. The fraction of sp³-hybridized carbons (Fsp3) is 0.143. The van der Waals surface area contributed by atoms with Crippen LogP contribution in [0.5, 0.6) is 0 Å². The highest BCUT2D eigenvalue weighted by atomic mass is 31.0. The van der Waals surface area contributed by atoms with Crippen molar-refractivity contribution in [2.75, 3.05) is 0 Å². The fourth-order valence-electron chi connectivity index (χ4n) is 2.61. The predicted octanol–water partition coefficient (Wildman–Crippen LogP) is 5.09. The molecule has 0 N–H and O–H groups in total. The van der Waals surface area contributed by atoms with Crippen LogP contribution in [0.3, 0.4) is 0 Å². The molecule has 0 radical (unpaired) electrons. The van der Waals surface area contributed by atoms with Gasteiger partial charge < -0.3 is 0 Å². The van der Waals surface area contributed by atoms with Crippen molar-refractivity contribution in [2.45, 2.75) is 19.8 Å². The predicted molar refractivity (Wildman–Crippen MR) is 99.8 cm³/mol. The first kappa shape index (κ1) is 15.9. The van der Waals surface area contributed by atoms with E-state index in [1.54, 1.807) is 12.1 Å². The number of aryl methyl sites for hydroxylation is 3. The average molecular weight is 322 g/mol. The van der Waals surface area contributed by atoms with Crippen LogP contribution in [0.4, 0.5) is 4.39 Å². The maximum absolute atomic E-state index is 13.7. The lowest BCUT2D eigenvalue weighted by Crippen LogP contribution is -1.97. The molecular weight excluding hydrogens is 302 g/mol. The molecule has 0 spiro atoms. The first-order valence-electron chi connectivity index (χ1n) is 7.82. The summed E-state index contributed by atoms with van der Waals surface area (Å²) in [5.74, 6) is -0.184. The van der Waals surface area contributed by atoms with Gasteiger partial charge >= 0.3 is 0 Å². The Kier molecular flexibility index (Phi) is 4.88. The zero-order valence-electron chi connectivity index (χ0n) is 13.2. The van der Waals surface area contributed by atoms with Gasteiger partial charge in [-0.2, -0.15) is 0 Å². The summed E-state index contributed by atoms with van der Waals surface area (Å²) in [5, 5.41) is 0.600. The second kappa shape index (κ2) is 7.06. The van der Waals surface area contributed by atoms with Gasteiger partial charge in [-0.15, -0.1) is 9.24 Å². The lowest BCUT2D eigenvalue weighted by Gasteiger charge is -2.06. The van der Waals surface area contributed by atoms with Crippen LogP contribution in [-0.4, -0.2) is 0 Å². The van der Waals surface area contributed by atoms with Crippen molar-refractivity contribution in [3.63, 3.8) is 0 Å². The maximum Gasteiger partial charge on any atom is 0.130 e. The summed E-state index contributed by atoms with van der Waals surface area (Å²) in [5.41, 5.74) is 5.92.